The van der Waals surface area contributed by atoms with Crippen LogP contribution in [0.25, 0.3) is 21.6 Å². The van der Waals surface area contributed by atoms with E-state index < -0.39 is 0 Å². The fourth-order valence-corrected chi connectivity index (χ4v) is 5.56. The van der Waals surface area contributed by atoms with Gasteiger partial charge in [-0.3, -0.25) is 0 Å². The Hall–Kier alpha value is -2.33. The number of fused-ring (bicyclic) bond motifs is 1. The van der Waals surface area contributed by atoms with Gasteiger partial charge in [-0.05, 0) is 42.5 Å². The molecule has 0 saturated carbocycles. The van der Waals surface area contributed by atoms with Crippen LogP contribution < -0.4 is 4.31 Å². The van der Waals surface area contributed by atoms with Crippen LogP contribution >= 0.6 is 34.6 Å². The first-order valence-corrected chi connectivity index (χ1v) is 11.9. The predicted molar refractivity (Wildman–Crippen MR) is 124 cm³/mol. The van der Waals surface area contributed by atoms with E-state index >= 15 is 0 Å². The summed E-state index contributed by atoms with van der Waals surface area (Å²) in [5.74, 6) is -0.352. The molecule has 0 bridgehead atoms. The van der Waals surface area contributed by atoms with Crippen molar-refractivity contribution in [1.29, 1.82) is 0 Å². The number of carbonyl (C=O) groups excluding carboxylic acids is 1. The van der Waals surface area contributed by atoms with Crippen molar-refractivity contribution in [3.05, 3.63) is 52.9 Å². The lowest BCUT2D eigenvalue weighted by atomic mass is 10.2. The number of rotatable bonds is 9. The second-order valence-corrected chi connectivity index (χ2v) is 9.87. The Morgan fingerprint density at radius 1 is 1.30 bits per heavy atom. The Labute approximate surface area is 187 Å². The average Bonchev–Trinajstić information content (AvgIpc) is 3.48. The van der Waals surface area contributed by atoms with E-state index in [1.165, 1.54) is 4.21 Å². The minimum absolute atomic E-state index is 0.0505. The van der Waals surface area contributed by atoms with Crippen LogP contribution in [0.15, 0.2) is 52.2 Å². The third kappa shape index (κ3) is 4.86. The highest BCUT2D eigenvalue weighted by molar-refractivity contribution is 8.02. The van der Waals surface area contributed by atoms with Crippen molar-refractivity contribution in [3.8, 4) is 10.7 Å². The summed E-state index contributed by atoms with van der Waals surface area (Å²) in [5, 5.41) is 4.11. The number of thiophene rings is 1. The van der Waals surface area contributed by atoms with Crippen LogP contribution in [0.3, 0.4) is 0 Å². The number of thiazole rings is 1. The molecular weight excluding hydrogens is 438 g/mol. The molecule has 156 valence electrons. The Morgan fingerprint density at radius 3 is 3.00 bits per heavy atom. The number of aromatic amines is 1. The highest BCUT2D eigenvalue weighted by atomic mass is 32.2. The minimum atomic E-state index is -0.352. The molecule has 1 aromatic carbocycles. The van der Waals surface area contributed by atoms with E-state index in [1.54, 1.807) is 47.7 Å². The van der Waals surface area contributed by atoms with E-state index in [9.17, 15) is 4.79 Å². The monoisotopic (exact) mass is 459 g/mol. The molecule has 0 aliphatic rings. The molecule has 0 unspecified atom stereocenters. The van der Waals surface area contributed by atoms with Crippen molar-refractivity contribution < 1.29 is 14.3 Å². The molecule has 0 spiro atoms. The van der Waals surface area contributed by atoms with Crippen LogP contribution in [0.2, 0.25) is 0 Å². The third-order valence-electron chi connectivity index (χ3n) is 4.25. The van der Waals surface area contributed by atoms with E-state index in [4.69, 9.17) is 9.47 Å². The number of benzene rings is 1. The smallest absolute Gasteiger partial charge is 0.332 e. The number of H-pyrrole nitrogens is 1. The van der Waals surface area contributed by atoms with Gasteiger partial charge in [0, 0.05) is 18.6 Å². The lowest BCUT2D eigenvalue weighted by molar-refractivity contribution is -0.148. The highest BCUT2D eigenvalue weighted by Gasteiger charge is 2.14. The molecule has 0 radical (unpaired) electrons. The largest absolute Gasteiger partial charge is 0.464 e. The number of nitrogens with one attached hydrogen (secondary N) is 1. The van der Waals surface area contributed by atoms with Crippen LogP contribution in [-0.4, -0.2) is 36.2 Å². The van der Waals surface area contributed by atoms with E-state index in [0.717, 1.165) is 32.2 Å². The fraction of sp³-hybridized carbons (Fsp3) is 0.238. The Bertz CT molecular complexity index is 1120. The highest BCUT2D eigenvalue weighted by Crippen LogP contribution is 2.36. The van der Waals surface area contributed by atoms with Crippen molar-refractivity contribution >= 4 is 57.2 Å². The first-order chi connectivity index (χ1) is 14.6. The topological polar surface area (TPSA) is 67.5 Å². The maximum absolute atomic E-state index is 11.4. The number of hydrogen-bond acceptors (Lipinski definition) is 8. The number of nitrogens with zero attached hydrogens (tertiary/aromatic N) is 2. The lowest BCUT2D eigenvalue weighted by Gasteiger charge is -2.17. The van der Waals surface area contributed by atoms with E-state index in [0.29, 0.717) is 13.2 Å². The van der Waals surface area contributed by atoms with Crippen molar-refractivity contribution in [3.63, 3.8) is 0 Å². The van der Waals surface area contributed by atoms with Crippen LogP contribution in [0.4, 0.5) is 5.69 Å². The number of anilines is 1. The summed E-state index contributed by atoms with van der Waals surface area (Å²) < 4.78 is 13.7. The molecular formula is C21H21N3O3S3. The van der Waals surface area contributed by atoms with Gasteiger partial charge in [-0.2, -0.15) is 0 Å². The zero-order chi connectivity index (χ0) is 20.9. The summed E-state index contributed by atoms with van der Waals surface area (Å²) in [6.07, 6.45) is 1.79. The van der Waals surface area contributed by atoms with Gasteiger partial charge in [0.1, 0.15) is 11.6 Å². The summed E-state index contributed by atoms with van der Waals surface area (Å²) in [6, 6.07) is 12.6. The second kappa shape index (κ2) is 9.65. The van der Waals surface area contributed by atoms with E-state index in [2.05, 4.69) is 63.1 Å². The molecule has 1 N–H and O–H groups in total. The lowest BCUT2D eigenvalue weighted by Crippen LogP contribution is -2.11. The number of aromatic nitrogens is 2. The van der Waals surface area contributed by atoms with Gasteiger partial charge in [-0.15, -0.1) is 22.7 Å². The molecule has 0 atom stereocenters. The Balaban J connectivity index is 1.49. The van der Waals surface area contributed by atoms with Gasteiger partial charge < -0.3 is 18.8 Å². The summed E-state index contributed by atoms with van der Waals surface area (Å²) in [4.78, 5) is 20.4. The maximum atomic E-state index is 11.4. The molecule has 4 rings (SSSR count). The Kier molecular flexibility index (Phi) is 6.73. The SMILES string of the molecule is CCOC(=O)COCc1cnc(-c2cc3cccc(N(C)Sc4cccs4)c3[nH]2)s1. The molecule has 9 heteroatoms. The van der Waals surface area contributed by atoms with Gasteiger partial charge in [-0.1, -0.05) is 18.2 Å². The average molecular weight is 460 g/mol. The van der Waals surface area contributed by atoms with Crippen molar-refractivity contribution in [2.75, 3.05) is 24.6 Å². The fourth-order valence-electron chi connectivity index (χ4n) is 2.95. The summed E-state index contributed by atoms with van der Waals surface area (Å²) in [5.41, 5.74) is 3.16. The van der Waals surface area contributed by atoms with Gasteiger partial charge in [0.15, 0.2) is 0 Å². The summed E-state index contributed by atoms with van der Waals surface area (Å²) >= 11 is 4.98. The van der Waals surface area contributed by atoms with E-state index in [-0.39, 0.29) is 12.6 Å². The van der Waals surface area contributed by atoms with Gasteiger partial charge in [-0.25, -0.2) is 9.78 Å². The second-order valence-electron chi connectivity index (χ2n) is 6.37. The van der Waals surface area contributed by atoms with Crippen molar-refractivity contribution in [1.82, 2.24) is 9.97 Å². The van der Waals surface area contributed by atoms with Crippen LogP contribution in [0.5, 0.6) is 0 Å². The molecule has 3 heterocycles. The van der Waals surface area contributed by atoms with Gasteiger partial charge in [0.05, 0.1) is 39.2 Å². The number of esters is 1. The van der Waals surface area contributed by atoms with Gasteiger partial charge in [0.25, 0.3) is 0 Å². The zero-order valence-corrected chi connectivity index (χ0v) is 19.0. The van der Waals surface area contributed by atoms with Crippen LogP contribution in [0, 0.1) is 0 Å². The minimum Gasteiger partial charge on any atom is -0.464 e. The van der Waals surface area contributed by atoms with Crippen molar-refractivity contribution in [2.45, 2.75) is 17.7 Å². The van der Waals surface area contributed by atoms with Gasteiger partial charge >= 0.3 is 5.97 Å². The molecule has 4 aromatic rings. The number of ether oxygens (including phenoxy) is 2. The normalized spacial score (nSPS) is 11.1. The molecule has 6 nitrogen and oxygen atoms in total. The van der Waals surface area contributed by atoms with Crippen LogP contribution in [-0.2, 0) is 20.9 Å². The number of para-hydroxylation sites is 1. The molecule has 0 aliphatic carbocycles. The molecule has 0 fully saturated rings. The molecule has 0 amide bonds. The maximum Gasteiger partial charge on any atom is 0.332 e. The molecule has 3 aromatic heterocycles. The summed E-state index contributed by atoms with van der Waals surface area (Å²) in [6.45, 7) is 2.42. The quantitative estimate of drug-likeness (QED) is 0.260. The number of hydrogen-bond donors (Lipinski definition) is 1. The first kappa shape index (κ1) is 20.9. The van der Waals surface area contributed by atoms with Gasteiger partial charge in [0.2, 0.25) is 0 Å². The standard InChI is InChI=1S/C21H21N3O3S3/c1-3-27-18(25)13-26-12-15-11-22-21(29-15)16-10-14-6-4-7-17(20(14)23-16)24(2)30-19-8-5-9-28-19/h4-11,23H,3,12-13H2,1-2H3. The van der Waals surface area contributed by atoms with Crippen LogP contribution in [0.1, 0.15) is 11.8 Å². The molecule has 30 heavy (non-hydrogen) atoms. The number of carbonyl (C=O) groups is 1. The van der Waals surface area contributed by atoms with Crippen molar-refractivity contribution in [2.24, 2.45) is 0 Å². The Morgan fingerprint density at radius 2 is 2.20 bits per heavy atom. The molecule has 0 aliphatic heterocycles. The first-order valence-electron chi connectivity index (χ1n) is 9.39. The third-order valence-corrected chi connectivity index (χ3v) is 7.21. The summed E-state index contributed by atoms with van der Waals surface area (Å²) in [7, 11) is 2.07. The predicted octanol–water partition coefficient (Wildman–Crippen LogP) is 5.58. The zero-order valence-electron chi connectivity index (χ0n) is 16.6. The molecule has 0 saturated heterocycles. The van der Waals surface area contributed by atoms with E-state index in [1.807, 2.05) is 0 Å².